The fourth-order valence-electron chi connectivity index (χ4n) is 2.38. The summed E-state index contributed by atoms with van der Waals surface area (Å²) in [6, 6.07) is 7.06. The van der Waals surface area contributed by atoms with Crippen molar-refractivity contribution in [2.75, 3.05) is 25.6 Å². The molecule has 0 fully saturated rings. The molecule has 0 radical (unpaired) electrons. The largest absolute Gasteiger partial charge is 0.507 e. The number of halogens is 2. The maximum absolute atomic E-state index is 13.3. The minimum absolute atomic E-state index is 0.00159. The molecule has 0 saturated carbocycles. The molecule has 0 aliphatic heterocycles. The number of aromatic hydroxyl groups is 1. The van der Waals surface area contributed by atoms with Crippen LogP contribution in [0.15, 0.2) is 30.3 Å². The predicted molar refractivity (Wildman–Crippen MR) is 102 cm³/mol. The number of carbonyl (C=O) groups is 1. The van der Waals surface area contributed by atoms with Crippen molar-refractivity contribution in [3.63, 3.8) is 0 Å². The van der Waals surface area contributed by atoms with Gasteiger partial charge in [-0.05, 0) is 30.3 Å². The van der Waals surface area contributed by atoms with Gasteiger partial charge in [-0.25, -0.2) is 9.37 Å². The Morgan fingerprint density at radius 3 is 2.93 bits per heavy atom. The molecule has 1 heterocycles. The number of benzene rings is 2. The van der Waals surface area contributed by atoms with E-state index in [0.717, 1.165) is 11.3 Å². The Morgan fingerprint density at radius 2 is 2.15 bits per heavy atom. The van der Waals surface area contributed by atoms with E-state index < -0.39 is 5.91 Å². The predicted octanol–water partition coefficient (Wildman–Crippen LogP) is 4.21. The van der Waals surface area contributed by atoms with Crippen LogP contribution in [0.4, 0.5) is 9.52 Å². The monoisotopic (exact) mass is 410 g/mol. The zero-order chi connectivity index (χ0) is 19.4. The number of methoxy groups -OCH3 is 1. The fourth-order valence-corrected chi connectivity index (χ4v) is 3.51. The average molecular weight is 411 g/mol. The second kappa shape index (κ2) is 8.62. The number of anilines is 1. The molecule has 0 saturated heterocycles. The van der Waals surface area contributed by atoms with E-state index in [2.05, 4.69) is 10.3 Å². The van der Waals surface area contributed by atoms with Gasteiger partial charge in [0.25, 0.3) is 5.91 Å². The van der Waals surface area contributed by atoms with Crippen molar-refractivity contribution in [2.24, 2.45) is 0 Å². The van der Waals surface area contributed by atoms with E-state index in [-0.39, 0.29) is 33.9 Å². The number of aromatic nitrogens is 1. The number of nitrogens with zero attached hydrogens (tertiary/aromatic N) is 1. The maximum atomic E-state index is 13.3. The van der Waals surface area contributed by atoms with Crippen LogP contribution in [0, 0.1) is 5.82 Å². The molecule has 0 unspecified atom stereocenters. The summed E-state index contributed by atoms with van der Waals surface area (Å²) in [7, 11) is 1.55. The molecule has 1 amide bonds. The Labute approximate surface area is 163 Å². The van der Waals surface area contributed by atoms with E-state index in [1.165, 1.54) is 30.3 Å². The lowest BCUT2D eigenvalue weighted by Gasteiger charge is -2.11. The van der Waals surface area contributed by atoms with Crippen molar-refractivity contribution in [3.8, 4) is 5.75 Å². The molecule has 0 atom stereocenters. The zero-order valence-corrected chi connectivity index (χ0v) is 15.9. The lowest BCUT2D eigenvalue weighted by atomic mass is 10.1. The van der Waals surface area contributed by atoms with Gasteiger partial charge in [-0.3, -0.25) is 10.1 Å². The van der Waals surface area contributed by atoms with E-state index >= 15 is 0 Å². The molecule has 0 aliphatic carbocycles. The van der Waals surface area contributed by atoms with Crippen molar-refractivity contribution >= 4 is 44.2 Å². The van der Waals surface area contributed by atoms with Gasteiger partial charge in [-0.2, -0.15) is 0 Å². The van der Waals surface area contributed by atoms with Crippen LogP contribution in [0.25, 0.3) is 10.2 Å². The molecule has 3 aromatic rings. The fraction of sp³-hybridized carbons (Fsp3) is 0.222. The van der Waals surface area contributed by atoms with Crippen molar-refractivity contribution in [2.45, 2.75) is 6.61 Å². The smallest absolute Gasteiger partial charge is 0.261 e. The van der Waals surface area contributed by atoms with E-state index in [1.54, 1.807) is 7.11 Å². The van der Waals surface area contributed by atoms with E-state index in [4.69, 9.17) is 21.1 Å². The number of thiazole rings is 1. The highest BCUT2D eigenvalue weighted by molar-refractivity contribution is 7.22. The summed E-state index contributed by atoms with van der Waals surface area (Å²) in [5.74, 6) is -1.18. The van der Waals surface area contributed by atoms with Crippen molar-refractivity contribution in [1.82, 2.24) is 4.98 Å². The average Bonchev–Trinajstić information content (AvgIpc) is 3.02. The molecule has 0 bridgehead atoms. The van der Waals surface area contributed by atoms with Gasteiger partial charge in [-0.15, -0.1) is 0 Å². The molecule has 2 aromatic carbocycles. The Morgan fingerprint density at radius 1 is 1.33 bits per heavy atom. The third-order valence-electron chi connectivity index (χ3n) is 3.66. The van der Waals surface area contributed by atoms with Gasteiger partial charge in [0.1, 0.15) is 11.6 Å². The summed E-state index contributed by atoms with van der Waals surface area (Å²) in [6.45, 7) is 0.829. The zero-order valence-electron chi connectivity index (χ0n) is 14.3. The number of hydrogen-bond donors (Lipinski definition) is 2. The highest BCUT2D eigenvalue weighted by Gasteiger charge is 2.18. The molecule has 27 heavy (non-hydrogen) atoms. The summed E-state index contributed by atoms with van der Waals surface area (Å²) >= 11 is 7.20. The topological polar surface area (TPSA) is 80.7 Å². The second-order valence-electron chi connectivity index (χ2n) is 5.59. The summed E-state index contributed by atoms with van der Waals surface area (Å²) in [5.41, 5.74) is 0.952. The van der Waals surface area contributed by atoms with Crippen LogP contribution >= 0.6 is 22.9 Å². The number of ether oxygens (including phenoxy) is 2. The first-order valence-corrected chi connectivity index (χ1v) is 9.13. The number of rotatable bonds is 7. The summed E-state index contributed by atoms with van der Waals surface area (Å²) in [5, 5.41) is 13.6. The molecule has 142 valence electrons. The van der Waals surface area contributed by atoms with Gasteiger partial charge >= 0.3 is 0 Å². The van der Waals surface area contributed by atoms with Crippen LogP contribution in [-0.4, -0.2) is 36.3 Å². The lowest BCUT2D eigenvalue weighted by molar-refractivity contribution is 0.0607. The third kappa shape index (κ3) is 4.72. The van der Waals surface area contributed by atoms with E-state index in [9.17, 15) is 14.3 Å². The van der Waals surface area contributed by atoms with Crippen LogP contribution < -0.4 is 5.32 Å². The Hall–Kier alpha value is -2.26. The standard InChI is InChI=1S/C18H16ClFN2O4S/c1-25-4-5-26-9-10-6-11(19)7-13(16(10)23)17(24)22-18-21-14-3-2-12(20)8-15(14)27-18/h2-3,6-8,23H,4-5,9H2,1H3,(H,21,22,24). The number of phenolic OH excluding ortho intramolecular Hbond substituents is 1. The minimum Gasteiger partial charge on any atom is -0.507 e. The number of nitrogens with one attached hydrogen (secondary N) is 1. The molecule has 0 spiro atoms. The number of fused-ring (bicyclic) bond motifs is 1. The van der Waals surface area contributed by atoms with Crippen LogP contribution in [0.1, 0.15) is 15.9 Å². The first kappa shape index (κ1) is 19.5. The van der Waals surface area contributed by atoms with Gasteiger partial charge in [0.15, 0.2) is 5.13 Å². The SMILES string of the molecule is COCCOCc1cc(Cl)cc(C(=O)Nc2nc3ccc(F)cc3s2)c1O. The first-order chi connectivity index (χ1) is 13.0. The molecule has 1 aromatic heterocycles. The quantitative estimate of drug-likeness (QED) is 0.570. The first-order valence-electron chi connectivity index (χ1n) is 7.93. The van der Waals surface area contributed by atoms with Crippen LogP contribution in [-0.2, 0) is 16.1 Å². The van der Waals surface area contributed by atoms with E-state index in [0.29, 0.717) is 29.0 Å². The van der Waals surface area contributed by atoms with Crippen molar-refractivity contribution < 1.29 is 23.8 Å². The molecule has 2 N–H and O–H groups in total. The minimum atomic E-state index is -0.576. The Kier molecular flexibility index (Phi) is 6.22. The normalized spacial score (nSPS) is 11.1. The molecule has 0 aliphatic rings. The Bertz CT molecular complexity index is 979. The summed E-state index contributed by atoms with van der Waals surface area (Å²) < 4.78 is 24.2. The number of phenols is 1. The maximum Gasteiger partial charge on any atom is 0.261 e. The van der Waals surface area contributed by atoms with Crippen LogP contribution in [0.5, 0.6) is 5.75 Å². The highest BCUT2D eigenvalue weighted by atomic mass is 35.5. The number of hydrogen-bond acceptors (Lipinski definition) is 6. The van der Waals surface area contributed by atoms with Gasteiger partial charge in [0.05, 0.1) is 35.6 Å². The van der Waals surface area contributed by atoms with Gasteiger partial charge < -0.3 is 14.6 Å². The summed E-state index contributed by atoms with van der Waals surface area (Å²) in [6.07, 6.45) is 0. The van der Waals surface area contributed by atoms with Crippen LogP contribution in [0.3, 0.4) is 0 Å². The van der Waals surface area contributed by atoms with Gasteiger partial charge in [0.2, 0.25) is 0 Å². The molecule has 9 heteroatoms. The number of carbonyl (C=O) groups excluding carboxylic acids is 1. The highest BCUT2D eigenvalue weighted by Crippen LogP contribution is 2.30. The summed E-state index contributed by atoms with van der Waals surface area (Å²) in [4.78, 5) is 16.8. The third-order valence-corrected chi connectivity index (χ3v) is 4.81. The van der Waals surface area contributed by atoms with Crippen molar-refractivity contribution in [3.05, 3.63) is 52.3 Å². The van der Waals surface area contributed by atoms with Gasteiger partial charge in [-0.1, -0.05) is 22.9 Å². The lowest BCUT2D eigenvalue weighted by Crippen LogP contribution is -2.13. The van der Waals surface area contributed by atoms with E-state index in [1.807, 2.05) is 0 Å². The van der Waals surface area contributed by atoms with Crippen LogP contribution in [0.2, 0.25) is 5.02 Å². The van der Waals surface area contributed by atoms with Crippen molar-refractivity contribution in [1.29, 1.82) is 0 Å². The second-order valence-corrected chi connectivity index (χ2v) is 7.06. The Balaban J connectivity index is 1.79. The molecular formula is C18H16ClFN2O4S. The molecular weight excluding hydrogens is 395 g/mol. The molecule has 6 nitrogen and oxygen atoms in total. The molecule has 3 rings (SSSR count). The number of amides is 1. The van der Waals surface area contributed by atoms with Gasteiger partial charge in [0, 0.05) is 17.7 Å².